The highest BCUT2D eigenvalue weighted by atomic mass is 15.0. The zero-order chi connectivity index (χ0) is 32.2. The van der Waals surface area contributed by atoms with E-state index in [4.69, 9.17) is 6.57 Å². The molecule has 2 aromatic heterocycles. The van der Waals surface area contributed by atoms with Crippen LogP contribution in [-0.2, 0) is 0 Å². The van der Waals surface area contributed by atoms with Crippen LogP contribution in [0.3, 0.4) is 0 Å². The van der Waals surface area contributed by atoms with Gasteiger partial charge in [-0.1, -0.05) is 103 Å². The lowest BCUT2D eigenvalue weighted by Gasteiger charge is -2.16. The van der Waals surface area contributed by atoms with E-state index in [1.54, 1.807) is 0 Å². The van der Waals surface area contributed by atoms with Crippen molar-refractivity contribution in [3.8, 4) is 39.7 Å². The fourth-order valence-electron chi connectivity index (χ4n) is 7.24. The average Bonchev–Trinajstić information content (AvgIpc) is 3.67. The molecule has 4 heteroatoms. The molecule has 4 nitrogen and oxygen atoms in total. The van der Waals surface area contributed by atoms with E-state index in [0.29, 0.717) is 11.3 Å². The first-order chi connectivity index (χ1) is 23.7. The molecule has 0 unspecified atom stereocenters. The monoisotopic (exact) mass is 610 g/mol. The molecule has 0 saturated heterocycles. The van der Waals surface area contributed by atoms with Gasteiger partial charge in [0.15, 0.2) is 5.69 Å². The number of fused-ring (bicyclic) bond motifs is 6. The predicted octanol–water partition coefficient (Wildman–Crippen LogP) is 11.6. The van der Waals surface area contributed by atoms with Crippen molar-refractivity contribution in [2.24, 2.45) is 0 Å². The Hall–Kier alpha value is -6.88. The quantitative estimate of drug-likeness (QED) is 0.183. The first-order valence-electron chi connectivity index (χ1n) is 15.9. The molecule has 0 bridgehead atoms. The zero-order valence-corrected chi connectivity index (χ0v) is 25.8. The maximum absolute atomic E-state index is 10.2. The summed E-state index contributed by atoms with van der Waals surface area (Å²) in [5, 5.41) is 15.0. The van der Waals surface area contributed by atoms with Gasteiger partial charge in [0.2, 0.25) is 0 Å². The Balaban J connectivity index is 1.21. The Morgan fingerprint density at radius 2 is 0.979 bits per heavy atom. The second kappa shape index (κ2) is 10.9. The summed E-state index contributed by atoms with van der Waals surface area (Å²) in [7, 11) is 0. The van der Waals surface area contributed by atoms with Crippen LogP contribution in [0.2, 0.25) is 0 Å². The van der Waals surface area contributed by atoms with Gasteiger partial charge in [0.25, 0.3) is 0 Å². The van der Waals surface area contributed by atoms with E-state index in [0.717, 1.165) is 66.5 Å². The SMILES string of the molecule is [C-]#[N+]c1ccc(-c2ccc(C#N)c(-c3ccc(-n4c5ccccc5c5ccccc54)cc3)c2)c(-n2c3ccccc3c3ccccc32)c1. The molecule has 0 saturated carbocycles. The maximum atomic E-state index is 10.2. The van der Waals surface area contributed by atoms with Crippen LogP contribution in [0.1, 0.15) is 5.56 Å². The molecule has 0 N–H and O–H groups in total. The van der Waals surface area contributed by atoms with E-state index in [-0.39, 0.29) is 0 Å². The van der Waals surface area contributed by atoms with E-state index < -0.39 is 0 Å². The number of benzene rings is 7. The summed E-state index contributed by atoms with van der Waals surface area (Å²) in [6, 6.07) is 56.6. The number of rotatable bonds is 4. The fraction of sp³-hybridized carbons (Fsp3) is 0. The van der Waals surface area contributed by atoms with Crippen molar-refractivity contribution < 1.29 is 0 Å². The summed E-state index contributed by atoms with van der Waals surface area (Å²) in [6.07, 6.45) is 0. The zero-order valence-electron chi connectivity index (χ0n) is 25.8. The van der Waals surface area contributed by atoms with Crippen LogP contribution in [0.15, 0.2) is 158 Å². The lowest BCUT2D eigenvalue weighted by molar-refractivity contribution is 1.18. The largest absolute Gasteiger partial charge is 0.310 e. The van der Waals surface area contributed by atoms with Crippen molar-refractivity contribution in [3.05, 3.63) is 175 Å². The van der Waals surface area contributed by atoms with E-state index in [9.17, 15) is 5.26 Å². The smallest absolute Gasteiger partial charge is 0.189 e. The van der Waals surface area contributed by atoms with Gasteiger partial charge in [-0.25, -0.2) is 4.85 Å². The standard InChI is InChI=1S/C44H26N4/c1-46-32-22-25-34(44(27-32)48-42-16-8-4-12-37(42)38-13-5-9-17-43(38)48)30-18-19-31(28-45)39(26-30)29-20-23-33(24-21-29)47-40-14-6-2-10-35(40)36-11-3-7-15-41(36)47/h2-27H. The van der Waals surface area contributed by atoms with Crippen LogP contribution in [0.5, 0.6) is 0 Å². The average molecular weight is 611 g/mol. The number of nitriles is 1. The Labute approximate surface area is 277 Å². The third-order valence-corrected chi connectivity index (χ3v) is 9.40. The molecule has 0 spiro atoms. The highest BCUT2D eigenvalue weighted by Gasteiger charge is 2.18. The van der Waals surface area contributed by atoms with Crippen LogP contribution in [-0.4, -0.2) is 9.13 Å². The second-order valence-electron chi connectivity index (χ2n) is 12.0. The molecular weight excluding hydrogens is 585 g/mol. The number of nitrogens with zero attached hydrogens (tertiary/aromatic N) is 4. The van der Waals surface area contributed by atoms with Gasteiger partial charge in [-0.2, -0.15) is 5.26 Å². The van der Waals surface area contributed by atoms with E-state index in [1.807, 2.05) is 30.3 Å². The summed E-state index contributed by atoms with van der Waals surface area (Å²) in [5.41, 5.74) is 11.5. The van der Waals surface area contributed by atoms with Crippen molar-refractivity contribution in [1.82, 2.24) is 9.13 Å². The molecule has 48 heavy (non-hydrogen) atoms. The van der Waals surface area contributed by atoms with Crippen molar-refractivity contribution in [1.29, 1.82) is 5.26 Å². The van der Waals surface area contributed by atoms with Crippen molar-refractivity contribution in [2.75, 3.05) is 0 Å². The molecule has 0 aliphatic heterocycles. The Kier molecular flexibility index (Phi) is 6.22. The van der Waals surface area contributed by atoms with Gasteiger partial charge >= 0.3 is 0 Å². The Morgan fingerprint density at radius 3 is 1.50 bits per heavy atom. The molecule has 0 radical (unpaired) electrons. The van der Waals surface area contributed by atoms with Gasteiger partial charge in [-0.15, -0.1) is 0 Å². The molecule has 222 valence electrons. The minimum Gasteiger partial charge on any atom is -0.310 e. The highest BCUT2D eigenvalue weighted by Crippen LogP contribution is 2.40. The number of hydrogen-bond acceptors (Lipinski definition) is 1. The van der Waals surface area contributed by atoms with Gasteiger partial charge < -0.3 is 9.13 Å². The first kappa shape index (κ1) is 27.4. The minimum absolute atomic E-state index is 0.574. The second-order valence-corrected chi connectivity index (χ2v) is 12.0. The van der Waals surface area contributed by atoms with Crippen molar-refractivity contribution >= 4 is 49.3 Å². The third-order valence-electron chi connectivity index (χ3n) is 9.40. The van der Waals surface area contributed by atoms with E-state index in [2.05, 4.69) is 147 Å². The van der Waals surface area contributed by atoms with Crippen LogP contribution >= 0.6 is 0 Å². The van der Waals surface area contributed by atoms with Crippen LogP contribution in [0.25, 0.3) is 82.1 Å². The Morgan fingerprint density at radius 1 is 0.479 bits per heavy atom. The Bertz CT molecular complexity index is 2690. The van der Waals surface area contributed by atoms with Gasteiger partial charge in [0, 0.05) is 44.0 Å². The predicted molar refractivity (Wildman–Crippen MR) is 197 cm³/mol. The molecule has 0 fully saturated rings. The molecule has 2 heterocycles. The third kappa shape index (κ3) is 4.14. The van der Waals surface area contributed by atoms with Gasteiger partial charge in [-0.05, 0) is 65.7 Å². The van der Waals surface area contributed by atoms with E-state index >= 15 is 0 Å². The lowest BCUT2D eigenvalue weighted by Crippen LogP contribution is -1.98. The van der Waals surface area contributed by atoms with Crippen LogP contribution in [0, 0.1) is 17.9 Å². The topological polar surface area (TPSA) is 38.0 Å². The molecule has 9 rings (SSSR count). The van der Waals surface area contributed by atoms with Crippen LogP contribution in [0.4, 0.5) is 5.69 Å². The van der Waals surface area contributed by atoms with Crippen molar-refractivity contribution in [2.45, 2.75) is 0 Å². The summed E-state index contributed by atoms with van der Waals surface area (Å²) in [6.45, 7) is 7.80. The van der Waals surface area contributed by atoms with Gasteiger partial charge in [-0.3, -0.25) is 0 Å². The number of hydrogen-bond donors (Lipinski definition) is 0. The summed E-state index contributed by atoms with van der Waals surface area (Å²) >= 11 is 0. The normalized spacial score (nSPS) is 11.3. The van der Waals surface area contributed by atoms with Crippen LogP contribution < -0.4 is 0 Å². The summed E-state index contributed by atoms with van der Waals surface area (Å²) in [5.74, 6) is 0. The molecular formula is C44H26N4. The van der Waals surface area contributed by atoms with Crippen molar-refractivity contribution in [3.63, 3.8) is 0 Å². The molecule has 0 amide bonds. The molecule has 0 aliphatic carbocycles. The summed E-state index contributed by atoms with van der Waals surface area (Å²) < 4.78 is 4.56. The van der Waals surface area contributed by atoms with Gasteiger partial charge in [0.05, 0.1) is 40.3 Å². The summed E-state index contributed by atoms with van der Waals surface area (Å²) in [4.78, 5) is 3.79. The fourth-order valence-corrected chi connectivity index (χ4v) is 7.24. The highest BCUT2D eigenvalue weighted by molar-refractivity contribution is 6.10. The molecule has 7 aromatic carbocycles. The number of aromatic nitrogens is 2. The molecule has 0 aliphatic rings. The maximum Gasteiger partial charge on any atom is 0.189 e. The first-order valence-corrected chi connectivity index (χ1v) is 15.9. The molecule has 9 aromatic rings. The van der Waals surface area contributed by atoms with Gasteiger partial charge in [0.1, 0.15) is 0 Å². The number of para-hydroxylation sites is 4. The van der Waals surface area contributed by atoms with E-state index in [1.165, 1.54) is 10.8 Å². The minimum atomic E-state index is 0.574. The molecule has 0 atom stereocenters. The lowest BCUT2D eigenvalue weighted by atomic mass is 9.94.